The smallest absolute Gasteiger partial charge is 0.228 e. The number of unbranched alkanes of at least 4 members (excludes halogenated alkanes) is 1. The van der Waals surface area contributed by atoms with Crippen molar-refractivity contribution in [1.82, 2.24) is 0 Å². The number of carbonyl (C=O) groups excluding carboxylic acids is 1. The molecule has 0 aliphatic carbocycles. The van der Waals surface area contributed by atoms with Crippen LogP contribution in [0.2, 0.25) is 0 Å². The zero-order chi connectivity index (χ0) is 13.8. The highest BCUT2D eigenvalue weighted by Crippen LogP contribution is 2.30. The molecule has 0 saturated carbocycles. The Bertz CT molecular complexity index is 503. The van der Waals surface area contributed by atoms with E-state index in [1.165, 1.54) is 11.1 Å². The summed E-state index contributed by atoms with van der Waals surface area (Å²) in [5, 5.41) is 2.87. The highest BCUT2D eigenvalue weighted by atomic mass is 16.1. The molecule has 0 atom stereocenters. The second-order valence-electron chi connectivity index (χ2n) is 5.34. The number of carbonyl (C=O) groups is 1. The fourth-order valence-corrected chi connectivity index (χ4v) is 2.47. The Hall–Kier alpha value is -1.61. The molecule has 1 amide bonds. The van der Waals surface area contributed by atoms with Crippen LogP contribution in [-0.2, 0) is 11.2 Å². The Balaban J connectivity index is 2.26. The molecule has 0 aromatic heterocycles. The van der Waals surface area contributed by atoms with E-state index in [0.717, 1.165) is 30.6 Å². The molecule has 1 aromatic rings. The van der Waals surface area contributed by atoms with Gasteiger partial charge in [-0.2, -0.15) is 0 Å². The Kier molecular flexibility index (Phi) is 4.38. The molecule has 3 heteroatoms. The van der Waals surface area contributed by atoms with Crippen molar-refractivity contribution < 1.29 is 4.79 Å². The minimum absolute atomic E-state index is 0.0883. The average molecular weight is 258 g/mol. The number of hydrogen-bond acceptors (Lipinski definition) is 2. The van der Waals surface area contributed by atoms with Gasteiger partial charge in [0, 0.05) is 5.69 Å². The van der Waals surface area contributed by atoms with E-state index in [-0.39, 0.29) is 5.91 Å². The molecule has 1 aromatic carbocycles. The van der Waals surface area contributed by atoms with E-state index in [4.69, 9.17) is 5.73 Å². The Morgan fingerprint density at radius 2 is 2.26 bits per heavy atom. The summed E-state index contributed by atoms with van der Waals surface area (Å²) in [4.78, 5) is 11.4. The number of benzene rings is 1. The molecule has 0 radical (unpaired) electrons. The Morgan fingerprint density at radius 3 is 2.95 bits per heavy atom. The molecule has 0 spiro atoms. The maximum atomic E-state index is 11.4. The standard InChI is InChI=1S/C16H22N2O/c1-11(2)14(5-3-4-8-17)12-6-7-15-13(9-12)10-16(19)18-15/h5-7,9,11H,3-4,8,10,17H2,1-2H3,(H,18,19)/b14-5+. The van der Waals surface area contributed by atoms with Crippen molar-refractivity contribution in [1.29, 1.82) is 0 Å². The molecular formula is C16H22N2O. The third kappa shape index (κ3) is 3.24. The van der Waals surface area contributed by atoms with Crippen LogP contribution in [0.1, 0.15) is 37.8 Å². The lowest BCUT2D eigenvalue weighted by Crippen LogP contribution is -2.03. The third-order valence-electron chi connectivity index (χ3n) is 3.46. The Morgan fingerprint density at radius 1 is 1.47 bits per heavy atom. The Labute approximate surface area is 114 Å². The van der Waals surface area contributed by atoms with Crippen molar-refractivity contribution in [3.8, 4) is 0 Å². The molecule has 1 aliphatic heterocycles. The van der Waals surface area contributed by atoms with E-state index in [1.54, 1.807) is 0 Å². The quantitative estimate of drug-likeness (QED) is 0.798. The molecule has 19 heavy (non-hydrogen) atoms. The number of fused-ring (bicyclic) bond motifs is 1. The number of amides is 1. The van der Waals surface area contributed by atoms with E-state index < -0.39 is 0 Å². The summed E-state index contributed by atoms with van der Waals surface area (Å²) in [7, 11) is 0. The fraction of sp³-hybridized carbons (Fsp3) is 0.438. The van der Waals surface area contributed by atoms with Gasteiger partial charge < -0.3 is 11.1 Å². The average Bonchev–Trinajstić information content (AvgIpc) is 2.73. The van der Waals surface area contributed by atoms with E-state index >= 15 is 0 Å². The van der Waals surface area contributed by atoms with Crippen molar-refractivity contribution in [3.63, 3.8) is 0 Å². The summed E-state index contributed by atoms with van der Waals surface area (Å²) in [6.45, 7) is 5.13. The number of allylic oxidation sites excluding steroid dienone is 2. The number of anilines is 1. The first-order valence-electron chi connectivity index (χ1n) is 6.95. The predicted octanol–water partition coefficient (Wildman–Crippen LogP) is 2.96. The highest BCUT2D eigenvalue weighted by molar-refractivity contribution is 5.99. The normalized spacial score (nSPS) is 14.7. The summed E-state index contributed by atoms with van der Waals surface area (Å²) in [6.07, 6.45) is 4.81. The zero-order valence-electron chi connectivity index (χ0n) is 11.7. The summed E-state index contributed by atoms with van der Waals surface area (Å²) in [6, 6.07) is 6.24. The predicted molar refractivity (Wildman–Crippen MR) is 79.9 cm³/mol. The fourth-order valence-electron chi connectivity index (χ4n) is 2.47. The van der Waals surface area contributed by atoms with Crippen LogP contribution in [0.4, 0.5) is 5.69 Å². The van der Waals surface area contributed by atoms with Crippen molar-refractivity contribution in [2.45, 2.75) is 33.1 Å². The van der Waals surface area contributed by atoms with Gasteiger partial charge in [0.1, 0.15) is 0 Å². The van der Waals surface area contributed by atoms with E-state index in [0.29, 0.717) is 12.3 Å². The molecule has 1 aliphatic rings. The van der Waals surface area contributed by atoms with E-state index in [2.05, 4.69) is 37.4 Å². The van der Waals surface area contributed by atoms with Gasteiger partial charge in [-0.25, -0.2) is 0 Å². The van der Waals surface area contributed by atoms with Crippen LogP contribution in [0, 0.1) is 5.92 Å². The van der Waals surface area contributed by atoms with Crippen LogP contribution in [0.5, 0.6) is 0 Å². The number of hydrogen-bond donors (Lipinski definition) is 2. The van der Waals surface area contributed by atoms with Crippen molar-refractivity contribution in [2.24, 2.45) is 11.7 Å². The minimum Gasteiger partial charge on any atom is -0.330 e. The lowest BCUT2D eigenvalue weighted by Gasteiger charge is -2.13. The number of nitrogens with one attached hydrogen (secondary N) is 1. The minimum atomic E-state index is 0.0883. The van der Waals surface area contributed by atoms with Crippen LogP contribution in [0.25, 0.3) is 5.57 Å². The largest absolute Gasteiger partial charge is 0.330 e. The maximum absolute atomic E-state index is 11.4. The first kappa shape index (κ1) is 13.8. The molecule has 0 fully saturated rings. The number of rotatable bonds is 5. The van der Waals surface area contributed by atoms with Crippen LogP contribution in [-0.4, -0.2) is 12.5 Å². The zero-order valence-corrected chi connectivity index (χ0v) is 11.7. The molecule has 0 unspecified atom stereocenters. The number of nitrogens with two attached hydrogens (primary N) is 1. The first-order valence-corrected chi connectivity index (χ1v) is 6.95. The summed E-state index contributed by atoms with van der Waals surface area (Å²) in [5.41, 5.74) is 10.2. The maximum Gasteiger partial charge on any atom is 0.228 e. The SMILES string of the molecule is CC(C)/C(=C\CCCN)c1ccc2c(c1)CC(=O)N2. The summed E-state index contributed by atoms with van der Waals surface area (Å²) in [5.74, 6) is 0.561. The van der Waals surface area contributed by atoms with Crippen LogP contribution in [0.15, 0.2) is 24.3 Å². The van der Waals surface area contributed by atoms with Gasteiger partial charge in [0.25, 0.3) is 0 Å². The van der Waals surface area contributed by atoms with Crippen LogP contribution in [0.3, 0.4) is 0 Å². The van der Waals surface area contributed by atoms with Gasteiger partial charge in [0.05, 0.1) is 6.42 Å². The molecular weight excluding hydrogens is 236 g/mol. The van der Waals surface area contributed by atoms with Gasteiger partial charge in [-0.1, -0.05) is 26.0 Å². The first-order chi connectivity index (χ1) is 9.11. The van der Waals surface area contributed by atoms with Crippen LogP contribution >= 0.6 is 0 Å². The van der Waals surface area contributed by atoms with Gasteiger partial charge in [0.15, 0.2) is 0 Å². The van der Waals surface area contributed by atoms with Crippen molar-refractivity contribution >= 4 is 17.2 Å². The molecule has 0 bridgehead atoms. The van der Waals surface area contributed by atoms with Gasteiger partial charge in [-0.15, -0.1) is 0 Å². The molecule has 0 saturated heterocycles. The van der Waals surface area contributed by atoms with E-state index in [9.17, 15) is 4.79 Å². The van der Waals surface area contributed by atoms with Gasteiger partial charge in [-0.3, -0.25) is 4.79 Å². The lowest BCUT2D eigenvalue weighted by atomic mass is 9.92. The molecule has 2 rings (SSSR count). The van der Waals surface area contributed by atoms with Crippen molar-refractivity contribution in [3.05, 3.63) is 35.4 Å². The third-order valence-corrected chi connectivity index (χ3v) is 3.46. The lowest BCUT2D eigenvalue weighted by molar-refractivity contribution is -0.115. The van der Waals surface area contributed by atoms with E-state index in [1.807, 2.05) is 6.07 Å². The topological polar surface area (TPSA) is 55.1 Å². The molecule has 3 nitrogen and oxygen atoms in total. The van der Waals surface area contributed by atoms with Gasteiger partial charge in [0.2, 0.25) is 5.91 Å². The van der Waals surface area contributed by atoms with Crippen molar-refractivity contribution in [2.75, 3.05) is 11.9 Å². The summed E-state index contributed by atoms with van der Waals surface area (Å²) < 4.78 is 0. The summed E-state index contributed by atoms with van der Waals surface area (Å²) >= 11 is 0. The van der Waals surface area contributed by atoms with Crippen LogP contribution < -0.4 is 11.1 Å². The highest BCUT2D eigenvalue weighted by Gasteiger charge is 2.18. The van der Waals surface area contributed by atoms with Gasteiger partial charge in [-0.05, 0) is 54.1 Å². The molecule has 102 valence electrons. The van der Waals surface area contributed by atoms with Gasteiger partial charge >= 0.3 is 0 Å². The monoisotopic (exact) mass is 258 g/mol. The second kappa shape index (κ2) is 6.02. The molecule has 1 heterocycles. The molecule has 3 N–H and O–H groups in total. The second-order valence-corrected chi connectivity index (χ2v) is 5.34.